The van der Waals surface area contributed by atoms with Crippen LogP contribution in [0.4, 0.5) is 0 Å². The number of carbonyl (C=O) groups excluding carboxylic acids is 2. The summed E-state index contributed by atoms with van der Waals surface area (Å²) in [7, 11) is 1.29. The first-order valence-electron chi connectivity index (χ1n) is 6.56. The Hall–Kier alpha value is -2.12. The molecular formula is C17H20O4. The van der Waals surface area contributed by atoms with Crippen LogP contribution in [0.3, 0.4) is 0 Å². The number of rotatable bonds is 3. The molecule has 0 radical (unpaired) electrons. The molecule has 1 rings (SSSR count). The van der Waals surface area contributed by atoms with Crippen LogP contribution < -0.4 is 0 Å². The molecule has 2 atom stereocenters. The molecule has 0 amide bonds. The smallest absolute Gasteiger partial charge is 0.330 e. The molecule has 1 aliphatic rings. The fourth-order valence-corrected chi connectivity index (χ4v) is 2.34. The third-order valence-corrected chi connectivity index (χ3v) is 3.80. The van der Waals surface area contributed by atoms with Crippen LogP contribution in [0, 0.1) is 17.8 Å². The molecule has 0 aromatic heterocycles. The molecule has 21 heavy (non-hydrogen) atoms. The van der Waals surface area contributed by atoms with Crippen molar-refractivity contribution < 1.29 is 19.4 Å². The Morgan fingerprint density at radius 1 is 1.57 bits per heavy atom. The summed E-state index contributed by atoms with van der Waals surface area (Å²) in [5, 5.41) is 10.9. The molecule has 0 saturated carbocycles. The van der Waals surface area contributed by atoms with Gasteiger partial charge in [0.15, 0.2) is 5.78 Å². The lowest BCUT2D eigenvalue weighted by Gasteiger charge is -2.42. The molecule has 112 valence electrons. The molecule has 0 bridgehead atoms. The summed E-state index contributed by atoms with van der Waals surface area (Å²) in [6.07, 6.45) is 11.4. The summed E-state index contributed by atoms with van der Waals surface area (Å²) >= 11 is 0. The highest BCUT2D eigenvalue weighted by Gasteiger charge is 2.49. The lowest BCUT2D eigenvalue weighted by molar-refractivity contribution is -0.134. The Morgan fingerprint density at radius 2 is 2.19 bits per heavy atom. The fourth-order valence-electron chi connectivity index (χ4n) is 2.34. The van der Waals surface area contributed by atoms with E-state index < -0.39 is 17.0 Å². The van der Waals surface area contributed by atoms with Crippen LogP contribution in [0.1, 0.15) is 27.2 Å². The van der Waals surface area contributed by atoms with E-state index >= 15 is 0 Å². The summed E-state index contributed by atoms with van der Waals surface area (Å²) in [4.78, 5) is 22.8. The average molecular weight is 288 g/mol. The number of carbonyl (C=O) groups is 2. The van der Waals surface area contributed by atoms with Gasteiger partial charge in [-0.05, 0) is 44.1 Å². The Kier molecular flexibility index (Phi) is 4.93. The third kappa shape index (κ3) is 3.32. The van der Waals surface area contributed by atoms with Crippen LogP contribution in [0.2, 0.25) is 0 Å². The standard InChI is InChI=1S/C17H20O4/c1-6-16(4)11-14(18)10-13(3)17(16,20)8-7-12(2)9-15(19)21-5/h1,7-10,20H,11H2,2-5H3. The maximum Gasteiger partial charge on any atom is 0.330 e. The van der Waals surface area contributed by atoms with Crippen molar-refractivity contribution in [2.45, 2.75) is 32.8 Å². The predicted octanol–water partition coefficient (Wildman–Crippen LogP) is 1.95. The number of ketones is 1. The van der Waals surface area contributed by atoms with Gasteiger partial charge in [-0.2, -0.15) is 0 Å². The van der Waals surface area contributed by atoms with Crippen molar-refractivity contribution in [3.05, 3.63) is 35.5 Å². The van der Waals surface area contributed by atoms with Gasteiger partial charge in [0, 0.05) is 12.5 Å². The SMILES string of the molecule is C#CC1(C)CC(=O)C=C(C)C1(O)C=CC(C)=CC(=O)OC. The van der Waals surface area contributed by atoms with Gasteiger partial charge in [-0.1, -0.05) is 12.0 Å². The van der Waals surface area contributed by atoms with Gasteiger partial charge in [0.25, 0.3) is 0 Å². The van der Waals surface area contributed by atoms with E-state index in [-0.39, 0.29) is 12.2 Å². The topological polar surface area (TPSA) is 63.6 Å². The van der Waals surface area contributed by atoms with Gasteiger partial charge in [0.2, 0.25) is 0 Å². The van der Waals surface area contributed by atoms with E-state index in [2.05, 4.69) is 10.7 Å². The molecule has 4 heteroatoms. The lowest BCUT2D eigenvalue weighted by Crippen LogP contribution is -2.49. The second-order valence-corrected chi connectivity index (χ2v) is 5.46. The normalized spacial score (nSPS) is 30.0. The second-order valence-electron chi connectivity index (χ2n) is 5.46. The van der Waals surface area contributed by atoms with Gasteiger partial charge < -0.3 is 9.84 Å². The molecule has 0 aromatic carbocycles. The zero-order chi connectivity index (χ0) is 16.3. The van der Waals surface area contributed by atoms with Crippen LogP contribution in [0.15, 0.2) is 35.5 Å². The van der Waals surface area contributed by atoms with Crippen molar-refractivity contribution in [2.75, 3.05) is 7.11 Å². The Labute approximate surface area is 125 Å². The number of esters is 1. The largest absolute Gasteiger partial charge is 0.466 e. The molecule has 0 saturated heterocycles. The highest BCUT2D eigenvalue weighted by molar-refractivity contribution is 5.93. The lowest BCUT2D eigenvalue weighted by atomic mass is 9.64. The number of terminal acetylenes is 1. The van der Waals surface area contributed by atoms with Crippen LogP contribution in [-0.2, 0) is 14.3 Å². The van der Waals surface area contributed by atoms with Crippen molar-refractivity contribution in [3.8, 4) is 12.3 Å². The Morgan fingerprint density at radius 3 is 2.71 bits per heavy atom. The van der Waals surface area contributed by atoms with Gasteiger partial charge in [-0.3, -0.25) is 4.79 Å². The summed E-state index contributed by atoms with van der Waals surface area (Å²) < 4.78 is 4.54. The van der Waals surface area contributed by atoms with E-state index in [0.717, 1.165) is 0 Å². The second kappa shape index (κ2) is 6.11. The summed E-state index contributed by atoms with van der Waals surface area (Å²) in [6, 6.07) is 0. The average Bonchev–Trinajstić information content (AvgIpc) is 2.42. The highest BCUT2D eigenvalue weighted by atomic mass is 16.5. The molecule has 0 spiro atoms. The Bertz CT molecular complexity index is 588. The maximum atomic E-state index is 11.7. The molecule has 1 aliphatic carbocycles. The zero-order valence-electron chi connectivity index (χ0n) is 12.8. The molecule has 2 unspecified atom stereocenters. The van der Waals surface area contributed by atoms with E-state index in [9.17, 15) is 14.7 Å². The number of ether oxygens (including phenoxy) is 1. The summed E-state index contributed by atoms with van der Waals surface area (Å²) in [5.41, 5.74) is -1.35. The van der Waals surface area contributed by atoms with Crippen molar-refractivity contribution in [2.24, 2.45) is 5.41 Å². The molecule has 0 fully saturated rings. The number of allylic oxidation sites excluding steroid dienone is 3. The Balaban J connectivity index is 3.21. The first-order chi connectivity index (χ1) is 9.68. The van der Waals surface area contributed by atoms with Gasteiger partial charge in [-0.25, -0.2) is 4.79 Å². The third-order valence-electron chi connectivity index (χ3n) is 3.80. The number of methoxy groups -OCH3 is 1. The molecule has 1 N–H and O–H groups in total. The highest BCUT2D eigenvalue weighted by Crippen LogP contribution is 2.44. The predicted molar refractivity (Wildman–Crippen MR) is 80.2 cm³/mol. The molecule has 0 aliphatic heterocycles. The zero-order valence-corrected chi connectivity index (χ0v) is 12.8. The summed E-state index contributed by atoms with van der Waals surface area (Å²) in [5.74, 6) is 1.95. The number of hydrogen-bond donors (Lipinski definition) is 1. The van der Waals surface area contributed by atoms with Crippen LogP contribution in [-0.4, -0.2) is 29.6 Å². The van der Waals surface area contributed by atoms with E-state index in [0.29, 0.717) is 11.1 Å². The number of hydrogen-bond acceptors (Lipinski definition) is 4. The van der Waals surface area contributed by atoms with Crippen molar-refractivity contribution in [1.82, 2.24) is 0 Å². The minimum absolute atomic E-state index is 0.0709. The van der Waals surface area contributed by atoms with Gasteiger partial charge in [0.1, 0.15) is 5.60 Å². The fraction of sp³-hybridized carbons (Fsp3) is 0.412. The van der Waals surface area contributed by atoms with Crippen LogP contribution in [0.25, 0.3) is 0 Å². The molecule has 0 aromatic rings. The van der Waals surface area contributed by atoms with Crippen molar-refractivity contribution >= 4 is 11.8 Å². The van der Waals surface area contributed by atoms with E-state index in [1.807, 2.05) is 0 Å². The van der Waals surface area contributed by atoms with E-state index in [1.165, 1.54) is 25.3 Å². The first-order valence-corrected chi connectivity index (χ1v) is 6.56. The first kappa shape index (κ1) is 16.9. The maximum absolute atomic E-state index is 11.7. The van der Waals surface area contributed by atoms with Crippen LogP contribution in [0.5, 0.6) is 0 Å². The molecule has 0 heterocycles. The minimum Gasteiger partial charge on any atom is -0.466 e. The van der Waals surface area contributed by atoms with Gasteiger partial charge in [0.05, 0.1) is 12.5 Å². The van der Waals surface area contributed by atoms with Gasteiger partial charge >= 0.3 is 5.97 Å². The van der Waals surface area contributed by atoms with E-state index in [4.69, 9.17) is 6.42 Å². The molecular weight excluding hydrogens is 268 g/mol. The van der Waals surface area contributed by atoms with Crippen LogP contribution >= 0.6 is 0 Å². The number of aliphatic hydroxyl groups is 1. The molecule has 4 nitrogen and oxygen atoms in total. The summed E-state index contributed by atoms with van der Waals surface area (Å²) in [6.45, 7) is 5.04. The minimum atomic E-state index is -1.43. The van der Waals surface area contributed by atoms with E-state index in [1.54, 1.807) is 26.8 Å². The van der Waals surface area contributed by atoms with Crippen molar-refractivity contribution in [3.63, 3.8) is 0 Å². The van der Waals surface area contributed by atoms with Crippen molar-refractivity contribution in [1.29, 1.82) is 0 Å². The van der Waals surface area contributed by atoms with Gasteiger partial charge in [-0.15, -0.1) is 6.42 Å². The quantitative estimate of drug-likeness (QED) is 0.373. The monoisotopic (exact) mass is 288 g/mol.